The van der Waals surface area contributed by atoms with Crippen LogP contribution < -0.4 is 15.3 Å². The fourth-order valence-corrected chi connectivity index (χ4v) is 9.54. The number of anilines is 2. The van der Waals surface area contributed by atoms with Gasteiger partial charge in [-0.15, -0.1) is 0 Å². The lowest BCUT2D eigenvalue weighted by molar-refractivity contribution is -0.127. The van der Waals surface area contributed by atoms with Crippen LogP contribution >= 0.6 is 11.6 Å². The van der Waals surface area contributed by atoms with Crippen LogP contribution in [0.25, 0.3) is 0 Å². The number of nitrogens with zero attached hydrogens (tertiary/aromatic N) is 2. The van der Waals surface area contributed by atoms with Gasteiger partial charge in [0.2, 0.25) is 23.6 Å². The maximum Gasteiger partial charge on any atom is 0.488 e. The van der Waals surface area contributed by atoms with Crippen LogP contribution in [0, 0.1) is 37.5 Å². The topological polar surface area (TPSA) is 135 Å². The van der Waals surface area contributed by atoms with E-state index in [-0.39, 0.29) is 29.7 Å². The number of carbonyl (C=O) groups is 4. The average molecular weight is 701 g/mol. The first-order valence-electron chi connectivity index (χ1n) is 17.0. The monoisotopic (exact) mass is 700 g/mol. The van der Waals surface area contributed by atoms with Crippen LogP contribution in [-0.2, 0) is 24.6 Å². The lowest BCUT2D eigenvalue weighted by atomic mass is 9.49. The normalized spacial score (nSPS) is 26.9. The van der Waals surface area contributed by atoms with Crippen molar-refractivity contribution in [2.45, 2.75) is 38.0 Å². The van der Waals surface area contributed by atoms with Crippen LogP contribution in [0.4, 0.5) is 11.4 Å². The second-order valence-corrected chi connectivity index (χ2v) is 14.5. The van der Waals surface area contributed by atoms with Gasteiger partial charge >= 0.3 is 7.12 Å². The molecule has 2 aliphatic heterocycles. The van der Waals surface area contributed by atoms with Gasteiger partial charge in [-0.3, -0.25) is 24.1 Å². The standard InChI is InChI=1S/C40H34BClN2O7/c1-21-16-23(17-22(2)35(21)45)34-29-14-15-30-33(38(48)43(36(30)46)27-12-6-10-25(18-27)41(50)51)31(29)20-32-37(47)44(28-13-7-11-26(42)19-28)39(49)40(32,34)24-8-4-3-5-9-24/h3-14,16-19,30-34,45,50-51H,15,20H2,1-2H3. The van der Waals surface area contributed by atoms with Gasteiger partial charge in [0.05, 0.1) is 34.5 Å². The van der Waals surface area contributed by atoms with Gasteiger partial charge in [-0.1, -0.05) is 83.9 Å². The van der Waals surface area contributed by atoms with Crippen molar-refractivity contribution in [1.82, 2.24) is 0 Å². The maximum atomic E-state index is 15.4. The summed E-state index contributed by atoms with van der Waals surface area (Å²) in [6.07, 6.45) is 2.36. The third-order valence-corrected chi connectivity index (χ3v) is 11.7. The highest BCUT2D eigenvalue weighted by molar-refractivity contribution is 6.58. The number of aromatic hydroxyl groups is 1. The molecule has 1 saturated carbocycles. The summed E-state index contributed by atoms with van der Waals surface area (Å²) < 4.78 is 0. The van der Waals surface area contributed by atoms with E-state index in [1.165, 1.54) is 17.0 Å². The highest BCUT2D eigenvalue weighted by Gasteiger charge is 2.70. The summed E-state index contributed by atoms with van der Waals surface area (Å²) in [6.45, 7) is 3.58. The quantitative estimate of drug-likeness (QED) is 0.156. The predicted octanol–water partition coefficient (Wildman–Crippen LogP) is 4.71. The van der Waals surface area contributed by atoms with Crippen LogP contribution in [0.2, 0.25) is 5.02 Å². The molecule has 6 atom stereocenters. The molecule has 2 aliphatic carbocycles. The number of rotatable bonds is 5. The molecule has 4 amide bonds. The van der Waals surface area contributed by atoms with E-state index >= 15 is 4.79 Å². The third-order valence-electron chi connectivity index (χ3n) is 11.4. The first-order chi connectivity index (χ1) is 24.4. The molecule has 6 unspecified atom stereocenters. The van der Waals surface area contributed by atoms with E-state index in [9.17, 15) is 29.5 Å². The van der Waals surface area contributed by atoms with Crippen molar-refractivity contribution in [3.8, 4) is 5.75 Å². The first kappa shape index (κ1) is 33.1. The fraction of sp³-hybridized carbons (Fsp3) is 0.250. The molecule has 4 aromatic rings. The second kappa shape index (κ2) is 12.0. The first-order valence-corrected chi connectivity index (χ1v) is 17.4. The number of amides is 4. The molecule has 0 bridgehead atoms. The number of aryl methyl sites for hydroxylation is 2. The van der Waals surface area contributed by atoms with Crippen LogP contribution in [0.5, 0.6) is 5.75 Å². The number of phenolic OH excluding ortho intramolecular Hbond substituents is 1. The number of carbonyl (C=O) groups excluding carboxylic acids is 4. The molecule has 0 aromatic heterocycles. The van der Waals surface area contributed by atoms with E-state index < -0.39 is 65.8 Å². The van der Waals surface area contributed by atoms with Gasteiger partial charge in [0.25, 0.3) is 0 Å². The van der Waals surface area contributed by atoms with Crippen molar-refractivity contribution in [2.75, 3.05) is 9.80 Å². The summed E-state index contributed by atoms with van der Waals surface area (Å²) in [5.41, 5.74) is 2.69. The number of fused-ring (bicyclic) bond motifs is 4. The van der Waals surface area contributed by atoms with Crippen LogP contribution in [-0.4, -0.2) is 45.9 Å². The van der Waals surface area contributed by atoms with E-state index in [0.717, 1.165) is 16.0 Å². The summed E-state index contributed by atoms with van der Waals surface area (Å²) in [7, 11) is -1.79. The summed E-state index contributed by atoms with van der Waals surface area (Å²) in [6, 6.07) is 25.7. The summed E-state index contributed by atoms with van der Waals surface area (Å²) >= 11 is 6.39. The Kier molecular flexibility index (Phi) is 7.83. The predicted molar refractivity (Wildman–Crippen MR) is 192 cm³/mol. The molecule has 4 aliphatic rings. The molecular formula is C40H34BClN2O7. The summed E-state index contributed by atoms with van der Waals surface area (Å²) in [4.78, 5) is 61.2. The van der Waals surface area contributed by atoms with Gasteiger partial charge < -0.3 is 15.2 Å². The van der Waals surface area contributed by atoms with E-state index in [4.69, 9.17) is 11.6 Å². The Labute approximate surface area is 299 Å². The fourth-order valence-electron chi connectivity index (χ4n) is 9.35. The van der Waals surface area contributed by atoms with Gasteiger partial charge in [0, 0.05) is 10.9 Å². The largest absolute Gasteiger partial charge is 0.507 e. The Morgan fingerprint density at radius 2 is 1.43 bits per heavy atom. The minimum Gasteiger partial charge on any atom is -0.507 e. The lowest BCUT2D eigenvalue weighted by Gasteiger charge is -2.51. The molecule has 256 valence electrons. The van der Waals surface area contributed by atoms with Gasteiger partial charge in [-0.05, 0) is 90.7 Å². The number of hydrogen-bond acceptors (Lipinski definition) is 7. The number of allylic oxidation sites excluding steroid dienone is 2. The molecule has 4 aromatic carbocycles. The van der Waals surface area contributed by atoms with Gasteiger partial charge in [-0.25, -0.2) is 4.90 Å². The minimum absolute atomic E-state index is 0.130. The average Bonchev–Trinajstić information content (AvgIpc) is 3.51. The molecular weight excluding hydrogens is 667 g/mol. The molecule has 8 rings (SSSR count). The number of imide groups is 2. The SMILES string of the molecule is Cc1cc(C2C3=CCC4C(=O)N(c5cccc(B(O)O)c5)C(=O)C4C3CC3C(=O)N(c4cccc(Cl)c4)C(=O)C32c2ccccc2)cc(C)c1O. The van der Waals surface area contributed by atoms with Crippen LogP contribution in [0.1, 0.15) is 41.0 Å². The lowest BCUT2D eigenvalue weighted by Crippen LogP contribution is -2.53. The second-order valence-electron chi connectivity index (χ2n) is 14.1. The molecule has 3 N–H and O–H groups in total. The van der Waals surface area contributed by atoms with Crippen LogP contribution in [0.3, 0.4) is 0 Å². The smallest absolute Gasteiger partial charge is 0.488 e. The van der Waals surface area contributed by atoms with Crippen molar-refractivity contribution >= 4 is 59.2 Å². The van der Waals surface area contributed by atoms with Crippen molar-refractivity contribution in [3.63, 3.8) is 0 Å². The molecule has 2 heterocycles. The number of phenols is 1. The Bertz CT molecular complexity index is 2170. The number of benzene rings is 4. The molecule has 51 heavy (non-hydrogen) atoms. The maximum absolute atomic E-state index is 15.4. The Morgan fingerprint density at radius 3 is 2.10 bits per heavy atom. The van der Waals surface area contributed by atoms with E-state index in [0.29, 0.717) is 27.4 Å². The van der Waals surface area contributed by atoms with Crippen molar-refractivity contribution in [3.05, 3.63) is 130 Å². The van der Waals surface area contributed by atoms with Crippen molar-refractivity contribution < 1.29 is 34.3 Å². The molecule has 0 spiro atoms. The molecule has 2 saturated heterocycles. The number of halogens is 1. The highest BCUT2D eigenvalue weighted by atomic mass is 35.5. The zero-order valence-electron chi connectivity index (χ0n) is 27.9. The van der Waals surface area contributed by atoms with E-state index in [1.54, 1.807) is 50.2 Å². The van der Waals surface area contributed by atoms with Crippen molar-refractivity contribution in [1.29, 1.82) is 0 Å². The Balaban J connectivity index is 1.35. The highest BCUT2D eigenvalue weighted by Crippen LogP contribution is 2.64. The Morgan fingerprint density at radius 1 is 0.765 bits per heavy atom. The summed E-state index contributed by atoms with van der Waals surface area (Å²) in [5.74, 6) is -5.27. The zero-order valence-corrected chi connectivity index (χ0v) is 28.6. The molecule has 11 heteroatoms. The molecule has 9 nitrogen and oxygen atoms in total. The summed E-state index contributed by atoms with van der Waals surface area (Å²) in [5, 5.41) is 30.8. The van der Waals surface area contributed by atoms with Gasteiger partial charge in [-0.2, -0.15) is 0 Å². The molecule has 0 radical (unpaired) electrons. The van der Waals surface area contributed by atoms with Crippen LogP contribution in [0.15, 0.2) is 103 Å². The Hall–Kier alpha value is -5.03. The van der Waals surface area contributed by atoms with Crippen molar-refractivity contribution in [2.24, 2.45) is 23.7 Å². The third kappa shape index (κ3) is 4.77. The zero-order chi connectivity index (χ0) is 35.9. The van der Waals surface area contributed by atoms with Gasteiger partial charge in [0.1, 0.15) is 5.75 Å². The molecule has 3 fully saturated rings. The minimum atomic E-state index is -1.79. The number of hydrogen-bond donors (Lipinski definition) is 3. The van der Waals surface area contributed by atoms with E-state index in [2.05, 4.69) is 0 Å². The van der Waals surface area contributed by atoms with Gasteiger partial charge in [0.15, 0.2) is 0 Å². The van der Waals surface area contributed by atoms with E-state index in [1.807, 2.05) is 48.5 Å².